The van der Waals surface area contributed by atoms with Gasteiger partial charge in [0.25, 0.3) is 0 Å². The molecule has 0 saturated heterocycles. The number of rotatable bonds is 2. The number of carboxylic acid groups (broad SMARTS) is 1. The molecule has 2 aliphatic rings. The molecule has 4 heteroatoms. The van der Waals surface area contributed by atoms with E-state index in [0.29, 0.717) is 12.5 Å². The minimum Gasteiger partial charge on any atom is -0.479 e. The lowest BCUT2D eigenvalue weighted by atomic mass is 9.89. The fourth-order valence-corrected chi connectivity index (χ4v) is 3.80. The van der Waals surface area contributed by atoms with Crippen LogP contribution in [0.25, 0.3) is 0 Å². The summed E-state index contributed by atoms with van der Waals surface area (Å²) in [5.41, 5.74) is 1.82. The van der Waals surface area contributed by atoms with E-state index in [9.17, 15) is 14.7 Å². The average Bonchev–Trinajstić information content (AvgIpc) is 2.91. The monoisotopic (exact) mass is 287 g/mol. The van der Waals surface area contributed by atoms with E-state index in [-0.39, 0.29) is 11.8 Å². The molecule has 0 bridgehead atoms. The summed E-state index contributed by atoms with van der Waals surface area (Å²) < 4.78 is 0. The van der Waals surface area contributed by atoms with Crippen LogP contribution >= 0.6 is 0 Å². The normalized spacial score (nSPS) is 28.2. The van der Waals surface area contributed by atoms with Crippen molar-refractivity contribution < 1.29 is 14.7 Å². The molecule has 4 nitrogen and oxygen atoms in total. The van der Waals surface area contributed by atoms with Crippen molar-refractivity contribution in [3.8, 4) is 0 Å². The van der Waals surface area contributed by atoms with Crippen LogP contribution in [0.4, 0.5) is 0 Å². The van der Waals surface area contributed by atoms with Gasteiger partial charge in [0.1, 0.15) is 0 Å². The van der Waals surface area contributed by atoms with Gasteiger partial charge in [-0.1, -0.05) is 37.6 Å². The molecule has 1 N–H and O–H groups in total. The van der Waals surface area contributed by atoms with E-state index in [0.717, 1.165) is 36.8 Å². The number of hydrogen-bond donors (Lipinski definition) is 1. The van der Waals surface area contributed by atoms with Gasteiger partial charge in [0, 0.05) is 12.5 Å². The van der Waals surface area contributed by atoms with Crippen molar-refractivity contribution in [3.05, 3.63) is 35.4 Å². The zero-order valence-electron chi connectivity index (χ0n) is 12.3. The van der Waals surface area contributed by atoms with Gasteiger partial charge in [-0.25, -0.2) is 4.79 Å². The number of nitrogens with zero attached hydrogens (tertiary/aromatic N) is 1. The summed E-state index contributed by atoms with van der Waals surface area (Å²) in [5.74, 6) is -0.538. The molecule has 1 saturated carbocycles. The molecule has 1 heterocycles. The number of benzene rings is 1. The Bertz CT molecular complexity index is 569. The maximum absolute atomic E-state index is 12.8. The van der Waals surface area contributed by atoms with E-state index >= 15 is 0 Å². The summed E-state index contributed by atoms with van der Waals surface area (Å²) in [7, 11) is 0. The molecule has 1 aromatic carbocycles. The smallest absolute Gasteiger partial charge is 0.331 e. The van der Waals surface area contributed by atoms with Gasteiger partial charge < -0.3 is 10.0 Å². The van der Waals surface area contributed by atoms with Crippen LogP contribution < -0.4 is 0 Å². The lowest BCUT2D eigenvalue weighted by Gasteiger charge is -2.37. The second-order valence-electron chi connectivity index (χ2n) is 6.24. The van der Waals surface area contributed by atoms with Crippen molar-refractivity contribution in [1.29, 1.82) is 0 Å². The first-order valence-corrected chi connectivity index (χ1v) is 7.70. The van der Waals surface area contributed by atoms with E-state index in [2.05, 4.69) is 6.92 Å². The molecule has 0 aromatic heterocycles. The number of amides is 1. The summed E-state index contributed by atoms with van der Waals surface area (Å²) in [5, 5.41) is 9.62. The number of carbonyl (C=O) groups excluding carboxylic acids is 1. The zero-order valence-corrected chi connectivity index (χ0v) is 12.3. The van der Waals surface area contributed by atoms with Crippen LogP contribution in [0.2, 0.25) is 0 Å². The average molecular weight is 287 g/mol. The Kier molecular flexibility index (Phi) is 3.70. The van der Waals surface area contributed by atoms with E-state index in [1.54, 1.807) is 4.90 Å². The molecular weight excluding hydrogens is 266 g/mol. The lowest BCUT2D eigenvalue weighted by molar-refractivity contribution is -0.153. The summed E-state index contributed by atoms with van der Waals surface area (Å²) in [4.78, 5) is 26.1. The van der Waals surface area contributed by atoms with Gasteiger partial charge >= 0.3 is 5.97 Å². The molecule has 3 unspecified atom stereocenters. The first-order valence-electron chi connectivity index (χ1n) is 7.70. The second kappa shape index (κ2) is 5.51. The van der Waals surface area contributed by atoms with Gasteiger partial charge in [-0.15, -0.1) is 0 Å². The van der Waals surface area contributed by atoms with Crippen LogP contribution in [0, 0.1) is 11.8 Å². The van der Waals surface area contributed by atoms with Crippen LogP contribution in [0.1, 0.15) is 43.4 Å². The molecule has 0 spiro atoms. The Morgan fingerprint density at radius 1 is 1.24 bits per heavy atom. The number of carboxylic acids is 1. The number of carbonyl (C=O) groups is 2. The third-order valence-corrected chi connectivity index (χ3v) is 4.98. The first-order chi connectivity index (χ1) is 10.1. The third-order valence-electron chi connectivity index (χ3n) is 4.98. The maximum Gasteiger partial charge on any atom is 0.331 e. The maximum atomic E-state index is 12.8. The second-order valence-corrected chi connectivity index (χ2v) is 6.24. The highest BCUT2D eigenvalue weighted by atomic mass is 16.4. The van der Waals surface area contributed by atoms with Gasteiger partial charge in [0.15, 0.2) is 6.04 Å². The van der Waals surface area contributed by atoms with E-state index in [1.165, 1.54) is 0 Å². The summed E-state index contributed by atoms with van der Waals surface area (Å²) in [6.45, 7) is 2.61. The van der Waals surface area contributed by atoms with Crippen LogP contribution in [0.15, 0.2) is 24.3 Å². The molecule has 3 rings (SSSR count). The van der Waals surface area contributed by atoms with Crippen molar-refractivity contribution in [1.82, 2.24) is 4.90 Å². The first kappa shape index (κ1) is 14.1. The molecule has 1 aliphatic carbocycles. The molecule has 0 radical (unpaired) electrons. The Hall–Kier alpha value is -1.84. The molecular formula is C17H21NO3. The summed E-state index contributed by atoms with van der Waals surface area (Å²) in [6, 6.07) is 6.75. The minimum atomic E-state index is -0.929. The van der Waals surface area contributed by atoms with E-state index < -0.39 is 12.0 Å². The quantitative estimate of drug-likeness (QED) is 0.909. The molecule has 112 valence electrons. The standard InChI is InChI=1S/C17H21NO3/c1-11-5-4-8-13(11)16(19)18-10-9-12-6-2-3-7-14(12)15(18)17(20)21/h2-3,6-7,11,13,15H,4-5,8-10H2,1H3,(H,20,21). The fourth-order valence-electron chi connectivity index (χ4n) is 3.80. The SMILES string of the molecule is CC1CCCC1C(=O)N1CCc2ccccc2C1C(=O)O. The van der Waals surface area contributed by atoms with Crippen molar-refractivity contribution in [2.75, 3.05) is 6.54 Å². The summed E-state index contributed by atoms with van der Waals surface area (Å²) >= 11 is 0. The highest BCUT2D eigenvalue weighted by Gasteiger charge is 2.40. The highest BCUT2D eigenvalue weighted by molar-refractivity contribution is 5.87. The van der Waals surface area contributed by atoms with Gasteiger partial charge in [0.2, 0.25) is 5.91 Å². The number of fused-ring (bicyclic) bond motifs is 1. The Labute approximate surface area is 124 Å². The van der Waals surface area contributed by atoms with Gasteiger partial charge in [-0.05, 0) is 36.3 Å². The fraction of sp³-hybridized carbons (Fsp3) is 0.529. The summed E-state index contributed by atoms with van der Waals surface area (Å²) in [6.07, 6.45) is 3.77. The van der Waals surface area contributed by atoms with Gasteiger partial charge in [-0.3, -0.25) is 4.79 Å². The Morgan fingerprint density at radius 2 is 2.00 bits per heavy atom. The molecule has 1 amide bonds. The molecule has 3 atom stereocenters. The van der Waals surface area contributed by atoms with Crippen molar-refractivity contribution in [2.24, 2.45) is 11.8 Å². The number of hydrogen-bond acceptors (Lipinski definition) is 2. The third kappa shape index (κ3) is 2.43. The van der Waals surface area contributed by atoms with Crippen LogP contribution in [0.5, 0.6) is 0 Å². The largest absolute Gasteiger partial charge is 0.479 e. The van der Waals surface area contributed by atoms with Crippen LogP contribution in [0.3, 0.4) is 0 Å². The predicted molar refractivity (Wildman–Crippen MR) is 78.7 cm³/mol. The van der Waals surface area contributed by atoms with Crippen LogP contribution in [-0.4, -0.2) is 28.4 Å². The predicted octanol–water partition coefficient (Wildman–Crippen LogP) is 2.63. The molecule has 1 fully saturated rings. The van der Waals surface area contributed by atoms with Gasteiger partial charge in [-0.2, -0.15) is 0 Å². The Morgan fingerprint density at radius 3 is 2.67 bits per heavy atom. The molecule has 21 heavy (non-hydrogen) atoms. The minimum absolute atomic E-state index is 0.00267. The highest BCUT2D eigenvalue weighted by Crippen LogP contribution is 2.37. The van der Waals surface area contributed by atoms with Crippen molar-refractivity contribution >= 4 is 11.9 Å². The van der Waals surface area contributed by atoms with Crippen LogP contribution in [-0.2, 0) is 16.0 Å². The van der Waals surface area contributed by atoms with E-state index in [4.69, 9.17) is 0 Å². The topological polar surface area (TPSA) is 57.6 Å². The van der Waals surface area contributed by atoms with Crippen molar-refractivity contribution in [3.63, 3.8) is 0 Å². The molecule has 1 aromatic rings. The van der Waals surface area contributed by atoms with E-state index in [1.807, 2.05) is 24.3 Å². The van der Waals surface area contributed by atoms with Gasteiger partial charge in [0.05, 0.1) is 0 Å². The lowest BCUT2D eigenvalue weighted by Crippen LogP contribution is -2.46. The zero-order chi connectivity index (χ0) is 15.0. The Balaban J connectivity index is 1.92. The number of aliphatic carboxylic acids is 1. The van der Waals surface area contributed by atoms with Crippen molar-refractivity contribution in [2.45, 2.75) is 38.6 Å². The molecule has 1 aliphatic heterocycles.